The molecule has 0 aromatic carbocycles. The molecular formula is C11H22O6. The first-order valence-electron chi connectivity index (χ1n) is 5.83. The van der Waals surface area contributed by atoms with Gasteiger partial charge in [-0.1, -0.05) is 0 Å². The maximum absolute atomic E-state index is 11.4. The monoisotopic (exact) mass is 250 g/mol. The predicted octanol–water partition coefficient (Wildman–Crippen LogP) is 1.24. The molecule has 0 aliphatic heterocycles. The largest absolute Gasteiger partial charge is 0.477 e. The van der Waals surface area contributed by atoms with E-state index < -0.39 is 18.0 Å². The Balaban J connectivity index is 5.09. The van der Waals surface area contributed by atoms with Gasteiger partial charge in [0, 0.05) is 26.4 Å². The lowest BCUT2D eigenvalue weighted by Gasteiger charge is -2.34. The van der Waals surface area contributed by atoms with Crippen LogP contribution in [0.15, 0.2) is 0 Å². The van der Waals surface area contributed by atoms with Gasteiger partial charge in [0.05, 0.1) is 0 Å². The van der Waals surface area contributed by atoms with Gasteiger partial charge in [0.2, 0.25) is 6.29 Å². The van der Waals surface area contributed by atoms with Crippen molar-refractivity contribution in [2.75, 3.05) is 26.4 Å². The summed E-state index contributed by atoms with van der Waals surface area (Å²) in [6.07, 6.45) is -1.09. The number of hydrogen-bond donors (Lipinski definition) is 1. The standard InChI is InChI=1S/C11H22O6/c1-5-14-10(15-6-2)11(9(12)13,16-7-3)17-8-4/h10H,5-8H2,1-4H3,(H,12,13). The van der Waals surface area contributed by atoms with Crippen molar-refractivity contribution in [1.29, 1.82) is 0 Å². The average Bonchev–Trinajstić information content (AvgIpc) is 2.28. The SMILES string of the molecule is CCOC(OCC)C(OCC)(OCC)C(=O)O. The van der Waals surface area contributed by atoms with Crippen LogP contribution in [-0.2, 0) is 23.7 Å². The highest BCUT2D eigenvalue weighted by Gasteiger charge is 2.50. The first kappa shape index (κ1) is 16.3. The van der Waals surface area contributed by atoms with Crippen molar-refractivity contribution in [3.05, 3.63) is 0 Å². The van der Waals surface area contributed by atoms with E-state index in [1.165, 1.54) is 0 Å². The van der Waals surface area contributed by atoms with E-state index in [0.717, 1.165) is 0 Å². The molecule has 6 heteroatoms. The first-order valence-corrected chi connectivity index (χ1v) is 5.83. The van der Waals surface area contributed by atoms with Crippen molar-refractivity contribution in [1.82, 2.24) is 0 Å². The zero-order valence-electron chi connectivity index (χ0n) is 10.9. The third-order valence-electron chi connectivity index (χ3n) is 1.96. The van der Waals surface area contributed by atoms with Gasteiger partial charge in [-0.25, -0.2) is 4.79 Å². The molecule has 0 aliphatic rings. The molecule has 0 spiro atoms. The van der Waals surface area contributed by atoms with E-state index in [1.807, 2.05) is 0 Å². The topological polar surface area (TPSA) is 74.2 Å². The fraction of sp³-hybridized carbons (Fsp3) is 0.909. The van der Waals surface area contributed by atoms with E-state index in [9.17, 15) is 9.90 Å². The molecule has 0 bridgehead atoms. The number of aliphatic carboxylic acids is 1. The average molecular weight is 250 g/mol. The summed E-state index contributed by atoms with van der Waals surface area (Å²) in [5, 5.41) is 9.30. The van der Waals surface area contributed by atoms with Gasteiger partial charge in [-0.15, -0.1) is 0 Å². The van der Waals surface area contributed by atoms with Crippen LogP contribution in [-0.4, -0.2) is 49.6 Å². The Hall–Kier alpha value is -0.690. The van der Waals surface area contributed by atoms with Gasteiger partial charge in [0.25, 0.3) is 0 Å². The van der Waals surface area contributed by atoms with E-state index in [1.54, 1.807) is 27.7 Å². The summed E-state index contributed by atoms with van der Waals surface area (Å²) in [5.74, 6) is -3.16. The number of hydrogen-bond acceptors (Lipinski definition) is 5. The summed E-state index contributed by atoms with van der Waals surface area (Å²) in [6, 6.07) is 0. The fourth-order valence-electron chi connectivity index (χ4n) is 1.40. The van der Waals surface area contributed by atoms with Crippen LogP contribution in [0.25, 0.3) is 0 Å². The smallest absolute Gasteiger partial charge is 0.370 e. The lowest BCUT2D eigenvalue weighted by molar-refractivity contribution is -0.337. The van der Waals surface area contributed by atoms with Crippen LogP contribution in [0, 0.1) is 0 Å². The van der Waals surface area contributed by atoms with E-state index in [0.29, 0.717) is 13.2 Å². The fourth-order valence-corrected chi connectivity index (χ4v) is 1.40. The molecule has 0 atom stereocenters. The number of ether oxygens (including phenoxy) is 4. The number of rotatable bonds is 10. The van der Waals surface area contributed by atoms with Gasteiger partial charge in [-0.3, -0.25) is 0 Å². The zero-order chi connectivity index (χ0) is 13.3. The molecule has 0 saturated carbocycles. The Kier molecular flexibility index (Phi) is 8.07. The second-order valence-corrected chi connectivity index (χ2v) is 3.08. The molecule has 0 aliphatic carbocycles. The normalized spacial score (nSPS) is 12.1. The van der Waals surface area contributed by atoms with Crippen molar-refractivity contribution < 1.29 is 28.8 Å². The highest BCUT2D eigenvalue weighted by Crippen LogP contribution is 2.23. The van der Waals surface area contributed by atoms with Crippen molar-refractivity contribution in [3.8, 4) is 0 Å². The van der Waals surface area contributed by atoms with Gasteiger partial charge in [0.1, 0.15) is 0 Å². The maximum atomic E-state index is 11.4. The minimum atomic E-state index is -1.91. The molecule has 102 valence electrons. The molecule has 1 N–H and O–H groups in total. The van der Waals surface area contributed by atoms with Crippen LogP contribution in [0.5, 0.6) is 0 Å². The van der Waals surface area contributed by atoms with Gasteiger partial charge < -0.3 is 24.1 Å². The molecule has 0 radical (unpaired) electrons. The number of carbonyl (C=O) groups is 1. The zero-order valence-corrected chi connectivity index (χ0v) is 10.9. The summed E-state index contributed by atoms with van der Waals surface area (Å²) in [7, 11) is 0. The molecule has 17 heavy (non-hydrogen) atoms. The van der Waals surface area contributed by atoms with Crippen LogP contribution in [0.2, 0.25) is 0 Å². The molecule has 0 fully saturated rings. The highest BCUT2D eigenvalue weighted by molar-refractivity contribution is 5.76. The lowest BCUT2D eigenvalue weighted by atomic mass is 10.2. The van der Waals surface area contributed by atoms with E-state index >= 15 is 0 Å². The van der Waals surface area contributed by atoms with Crippen molar-refractivity contribution >= 4 is 5.97 Å². The highest BCUT2D eigenvalue weighted by atomic mass is 16.8. The van der Waals surface area contributed by atoms with Crippen LogP contribution < -0.4 is 0 Å². The summed E-state index contributed by atoms with van der Waals surface area (Å²) >= 11 is 0. The Morgan fingerprint density at radius 3 is 1.65 bits per heavy atom. The summed E-state index contributed by atoms with van der Waals surface area (Å²) in [4.78, 5) is 11.4. The van der Waals surface area contributed by atoms with Crippen LogP contribution >= 0.6 is 0 Å². The minimum absolute atomic E-state index is 0.183. The van der Waals surface area contributed by atoms with Crippen molar-refractivity contribution in [2.45, 2.75) is 39.8 Å². The third-order valence-corrected chi connectivity index (χ3v) is 1.96. The van der Waals surface area contributed by atoms with Gasteiger partial charge in [-0.2, -0.15) is 0 Å². The second-order valence-electron chi connectivity index (χ2n) is 3.08. The summed E-state index contributed by atoms with van der Waals surface area (Å²) < 4.78 is 21.0. The summed E-state index contributed by atoms with van der Waals surface area (Å²) in [5.41, 5.74) is 0. The molecule has 6 nitrogen and oxygen atoms in total. The van der Waals surface area contributed by atoms with Crippen molar-refractivity contribution in [3.63, 3.8) is 0 Å². The Bertz CT molecular complexity index is 206. The van der Waals surface area contributed by atoms with E-state index in [2.05, 4.69) is 0 Å². The Morgan fingerprint density at radius 1 is 1.00 bits per heavy atom. The van der Waals surface area contributed by atoms with Crippen molar-refractivity contribution in [2.24, 2.45) is 0 Å². The first-order chi connectivity index (χ1) is 8.08. The molecule has 0 amide bonds. The second kappa shape index (κ2) is 8.41. The minimum Gasteiger partial charge on any atom is -0.477 e. The van der Waals surface area contributed by atoms with Gasteiger partial charge in [-0.05, 0) is 27.7 Å². The van der Waals surface area contributed by atoms with Crippen LogP contribution in [0.1, 0.15) is 27.7 Å². The van der Waals surface area contributed by atoms with Gasteiger partial charge >= 0.3 is 11.8 Å². The third kappa shape index (κ3) is 4.23. The Labute approximate surface area is 102 Å². The summed E-state index contributed by atoms with van der Waals surface area (Å²) in [6.45, 7) is 7.84. The van der Waals surface area contributed by atoms with Crippen LogP contribution in [0.3, 0.4) is 0 Å². The van der Waals surface area contributed by atoms with Gasteiger partial charge in [0.15, 0.2) is 0 Å². The Morgan fingerprint density at radius 2 is 1.41 bits per heavy atom. The van der Waals surface area contributed by atoms with Crippen LogP contribution in [0.4, 0.5) is 0 Å². The van der Waals surface area contributed by atoms with E-state index in [4.69, 9.17) is 18.9 Å². The number of carboxylic acids is 1. The quantitative estimate of drug-likeness (QED) is 0.588. The van der Waals surface area contributed by atoms with E-state index in [-0.39, 0.29) is 13.2 Å². The molecule has 0 saturated heterocycles. The predicted molar refractivity (Wildman–Crippen MR) is 60.7 cm³/mol. The molecule has 0 aromatic heterocycles. The lowest BCUT2D eigenvalue weighted by Crippen LogP contribution is -2.56. The molecule has 0 heterocycles. The number of carboxylic acid groups (broad SMARTS) is 1. The molecule has 0 unspecified atom stereocenters. The maximum Gasteiger partial charge on any atom is 0.370 e. The molecular weight excluding hydrogens is 228 g/mol. The molecule has 0 rings (SSSR count). The molecule has 0 aromatic rings.